The predicted molar refractivity (Wildman–Crippen MR) is 38.1 cm³/mol. The quantitative estimate of drug-likeness (QED) is 0.497. The molecule has 6 heteroatoms. The molecule has 1 aliphatic heterocycles. The summed E-state index contributed by atoms with van der Waals surface area (Å²) in [5.41, 5.74) is 3.31. The maximum atomic E-state index is 10.7. The van der Waals surface area contributed by atoms with Gasteiger partial charge in [0.2, 0.25) is 0 Å². The molecule has 0 spiro atoms. The number of H-pyrrole nitrogens is 2. The summed E-state index contributed by atoms with van der Waals surface area (Å²) >= 11 is 0. The van der Waals surface area contributed by atoms with E-state index in [-0.39, 0.29) is 5.69 Å². The van der Waals surface area contributed by atoms with Gasteiger partial charge in [-0.25, -0.2) is 4.79 Å². The van der Waals surface area contributed by atoms with E-state index < -0.39 is 0 Å². The van der Waals surface area contributed by atoms with E-state index >= 15 is 0 Å². The third kappa shape index (κ3) is 0.759. The molecule has 3 N–H and O–H groups in total. The fourth-order valence-corrected chi connectivity index (χ4v) is 0.859. The Morgan fingerprint density at radius 2 is 2.18 bits per heavy atom. The lowest BCUT2D eigenvalue weighted by Crippen LogP contribution is -2.06. The maximum absolute atomic E-state index is 10.7. The molecule has 0 aromatic carbocycles. The average Bonchev–Trinajstić information content (AvgIpc) is 2.31. The maximum Gasteiger partial charge on any atom is 0.325 e. The molecule has 0 unspecified atom stereocenters. The van der Waals surface area contributed by atoms with Crippen LogP contribution in [0.25, 0.3) is 5.70 Å². The number of hydrogen-bond acceptors (Lipinski definition) is 4. The zero-order valence-corrected chi connectivity index (χ0v) is 5.51. The summed E-state index contributed by atoms with van der Waals surface area (Å²) in [4.78, 5) is 15.7. The Labute approximate surface area is 61.0 Å². The first-order valence-electron chi connectivity index (χ1n) is 2.95. The topological polar surface area (TPSA) is 85.4 Å². The van der Waals surface area contributed by atoms with Gasteiger partial charge in [-0.1, -0.05) is 11.8 Å². The summed E-state index contributed by atoms with van der Waals surface area (Å²) in [7, 11) is 0. The number of hydrogen-bond donors (Lipinski definition) is 3. The molecule has 0 atom stereocenters. The summed E-state index contributed by atoms with van der Waals surface area (Å²) in [5, 5.41) is 7.13. The van der Waals surface area contributed by atoms with Gasteiger partial charge in [-0.15, -0.1) is 5.11 Å². The van der Waals surface area contributed by atoms with Crippen LogP contribution in [-0.4, -0.2) is 9.97 Å². The molecule has 0 saturated heterocycles. The Balaban J connectivity index is 2.71. The fourth-order valence-electron chi connectivity index (χ4n) is 0.859. The molecular weight excluding hydrogens is 146 g/mol. The molecule has 6 nitrogen and oxygen atoms in total. The van der Waals surface area contributed by atoms with Gasteiger partial charge in [0, 0.05) is 0 Å². The van der Waals surface area contributed by atoms with Crippen LogP contribution in [-0.2, 0) is 0 Å². The van der Waals surface area contributed by atoms with Gasteiger partial charge in [0.15, 0.2) is 5.82 Å². The summed E-state index contributed by atoms with van der Waals surface area (Å²) in [6, 6.07) is 0. The van der Waals surface area contributed by atoms with Crippen LogP contribution in [0.2, 0.25) is 0 Å². The van der Waals surface area contributed by atoms with Crippen molar-refractivity contribution in [3.63, 3.8) is 0 Å². The molecule has 56 valence electrons. The van der Waals surface area contributed by atoms with Gasteiger partial charge < -0.3 is 4.98 Å². The number of rotatable bonds is 0. The number of nitrogens with one attached hydrogen (secondary N) is 3. The van der Waals surface area contributed by atoms with Gasteiger partial charge in [0.25, 0.3) is 0 Å². The number of fused-ring (bicyclic) bond motifs is 1. The summed E-state index contributed by atoms with van der Waals surface area (Å²) < 4.78 is 0. The van der Waals surface area contributed by atoms with Crippen LogP contribution in [0.5, 0.6) is 0 Å². The normalized spacial score (nSPS) is 14.4. The van der Waals surface area contributed by atoms with E-state index in [1.807, 2.05) is 0 Å². The van der Waals surface area contributed by atoms with E-state index in [1.165, 1.54) is 0 Å². The Morgan fingerprint density at radius 3 is 2.91 bits per heavy atom. The smallest absolute Gasteiger partial charge is 0.302 e. The lowest BCUT2D eigenvalue weighted by Gasteiger charge is -2.05. The number of imidazole rings is 1. The number of nitrogens with zero attached hydrogens (tertiary/aromatic N) is 2. The summed E-state index contributed by atoms with van der Waals surface area (Å²) in [5.74, 6) is 0.416. The summed E-state index contributed by atoms with van der Waals surface area (Å²) in [6.45, 7) is 3.61. The Hall–Kier alpha value is -1.85. The van der Waals surface area contributed by atoms with Crippen molar-refractivity contribution >= 4 is 11.5 Å². The highest BCUT2D eigenvalue weighted by Crippen LogP contribution is 2.21. The predicted octanol–water partition coefficient (Wildman–Crippen LogP) is 0.276. The van der Waals surface area contributed by atoms with Crippen molar-refractivity contribution in [2.45, 2.75) is 0 Å². The van der Waals surface area contributed by atoms with Gasteiger partial charge in [-0.05, 0) is 0 Å². The van der Waals surface area contributed by atoms with Crippen molar-refractivity contribution < 1.29 is 0 Å². The highest BCUT2D eigenvalue weighted by molar-refractivity contribution is 5.67. The van der Waals surface area contributed by atoms with Crippen molar-refractivity contribution in [3.8, 4) is 0 Å². The molecule has 1 aliphatic rings. The molecule has 0 amide bonds. The van der Waals surface area contributed by atoms with E-state index in [0.717, 1.165) is 0 Å². The molecule has 0 saturated carbocycles. The average molecular weight is 151 g/mol. The van der Waals surface area contributed by atoms with Crippen LogP contribution in [0.4, 0.5) is 5.82 Å². The van der Waals surface area contributed by atoms with Crippen molar-refractivity contribution in [1.82, 2.24) is 15.4 Å². The van der Waals surface area contributed by atoms with Gasteiger partial charge in [0.1, 0.15) is 5.69 Å². The van der Waals surface area contributed by atoms with E-state index in [2.05, 4.69) is 32.3 Å². The first kappa shape index (κ1) is 5.90. The number of aromatic amines is 2. The molecule has 0 bridgehead atoms. The molecule has 1 aromatic rings. The zero-order chi connectivity index (χ0) is 7.84. The molecule has 2 heterocycles. The van der Waals surface area contributed by atoms with Gasteiger partial charge >= 0.3 is 5.69 Å². The molecule has 2 rings (SSSR count). The second-order valence-electron chi connectivity index (χ2n) is 2.09. The standard InChI is InChI=1S/C5H5N5O/c1-2-3-4(9-10-8-2)7-5(11)6-3/h1H2,(H,8,9)(H2,6,7,11). The van der Waals surface area contributed by atoms with Crippen LogP contribution in [0.15, 0.2) is 21.7 Å². The Morgan fingerprint density at radius 1 is 1.36 bits per heavy atom. The van der Waals surface area contributed by atoms with Crippen molar-refractivity contribution in [3.05, 3.63) is 22.8 Å². The molecule has 11 heavy (non-hydrogen) atoms. The van der Waals surface area contributed by atoms with E-state index in [9.17, 15) is 4.79 Å². The van der Waals surface area contributed by atoms with Crippen LogP contribution in [0.3, 0.4) is 0 Å². The Bertz CT molecular complexity index is 384. The lowest BCUT2D eigenvalue weighted by molar-refractivity contribution is 0.859. The summed E-state index contributed by atoms with van der Waals surface area (Å²) in [6.07, 6.45) is 0. The van der Waals surface area contributed by atoms with Crippen LogP contribution < -0.4 is 11.1 Å². The minimum atomic E-state index is -0.307. The van der Waals surface area contributed by atoms with Crippen molar-refractivity contribution in [2.75, 3.05) is 0 Å². The minimum absolute atomic E-state index is 0.307. The molecule has 0 fully saturated rings. The zero-order valence-electron chi connectivity index (χ0n) is 5.51. The molecule has 0 radical (unpaired) electrons. The molecule has 1 aromatic heterocycles. The van der Waals surface area contributed by atoms with E-state index in [1.54, 1.807) is 0 Å². The SMILES string of the molecule is C=C1NN=Nc2[nH]c(=O)[nH]c21. The van der Waals surface area contributed by atoms with Gasteiger partial charge in [-0.3, -0.25) is 10.4 Å². The highest BCUT2D eigenvalue weighted by Gasteiger charge is 2.12. The second kappa shape index (κ2) is 1.82. The largest absolute Gasteiger partial charge is 0.325 e. The number of aromatic nitrogens is 2. The van der Waals surface area contributed by atoms with E-state index in [0.29, 0.717) is 17.2 Å². The first-order valence-corrected chi connectivity index (χ1v) is 2.95. The monoisotopic (exact) mass is 151 g/mol. The lowest BCUT2D eigenvalue weighted by atomic mass is 10.3. The third-order valence-corrected chi connectivity index (χ3v) is 1.34. The molecular formula is C5H5N5O. The third-order valence-electron chi connectivity index (χ3n) is 1.34. The minimum Gasteiger partial charge on any atom is -0.302 e. The molecule has 0 aliphatic carbocycles. The van der Waals surface area contributed by atoms with Crippen LogP contribution in [0, 0.1) is 0 Å². The van der Waals surface area contributed by atoms with Gasteiger partial charge in [0.05, 0.1) is 5.70 Å². The highest BCUT2D eigenvalue weighted by atomic mass is 16.1. The van der Waals surface area contributed by atoms with Crippen LogP contribution >= 0.6 is 0 Å². The fraction of sp³-hybridized carbons (Fsp3) is 0. The Kier molecular flexibility index (Phi) is 0.974. The van der Waals surface area contributed by atoms with Crippen molar-refractivity contribution in [1.29, 1.82) is 0 Å². The van der Waals surface area contributed by atoms with Crippen molar-refractivity contribution in [2.24, 2.45) is 10.3 Å². The second-order valence-corrected chi connectivity index (χ2v) is 2.09. The van der Waals surface area contributed by atoms with E-state index in [4.69, 9.17) is 0 Å². The first-order chi connectivity index (χ1) is 5.27. The van der Waals surface area contributed by atoms with Crippen LogP contribution in [0.1, 0.15) is 5.69 Å². The van der Waals surface area contributed by atoms with Gasteiger partial charge in [-0.2, -0.15) is 0 Å².